The molecule has 0 saturated carbocycles. The molecule has 1 saturated heterocycles. The van der Waals surface area contributed by atoms with Crippen LogP contribution in [0.5, 0.6) is 5.75 Å². The number of rotatable bonds is 29. The lowest BCUT2D eigenvalue weighted by atomic mass is 10.0. The lowest BCUT2D eigenvalue weighted by Crippen LogP contribution is -2.48. The highest BCUT2D eigenvalue weighted by Crippen LogP contribution is 2.28. The Morgan fingerprint density at radius 1 is 0.750 bits per heavy atom. The molecule has 0 spiro atoms. The van der Waals surface area contributed by atoms with E-state index in [0.717, 1.165) is 75.2 Å². The summed E-state index contributed by atoms with van der Waals surface area (Å²) >= 11 is 0. The molecule has 12 nitrogen and oxygen atoms in total. The standard InChI is InChI=1S/C44H73N9O3/c1-4-6-8-9-10-11-12-13-14-15-16-17-18-19-20-23-40(54)46-28-22-21-24-41(55)52-31-29-51(30-32-52)37-26-25-36(39(33-37)56-3)34-53-35-38-42(50-53)43(47-27-7-5-2)49-44(45)48-38/h25-26,33,35H,4-24,27-32,34H2,1-3H3,(H,46,54)(H3,45,47,48,49). The van der Waals surface area contributed by atoms with Crippen LogP contribution in [0.15, 0.2) is 24.4 Å². The van der Waals surface area contributed by atoms with E-state index in [1.807, 2.05) is 15.8 Å². The highest BCUT2D eigenvalue weighted by Gasteiger charge is 2.22. The summed E-state index contributed by atoms with van der Waals surface area (Å²) in [5, 5.41) is 11.2. The number of benzene rings is 1. The molecule has 1 aliphatic rings. The third-order valence-corrected chi connectivity index (χ3v) is 11.0. The predicted octanol–water partition coefficient (Wildman–Crippen LogP) is 8.87. The van der Waals surface area contributed by atoms with Crippen molar-refractivity contribution in [1.29, 1.82) is 0 Å². The van der Waals surface area contributed by atoms with Gasteiger partial charge < -0.3 is 30.9 Å². The fourth-order valence-electron chi connectivity index (χ4n) is 7.55. The molecule has 4 N–H and O–H groups in total. The fourth-order valence-corrected chi connectivity index (χ4v) is 7.55. The number of carbonyl (C=O) groups is 2. The number of amides is 2. The molecule has 0 bridgehead atoms. The zero-order valence-corrected chi connectivity index (χ0v) is 35.1. The Morgan fingerprint density at radius 2 is 1.38 bits per heavy atom. The van der Waals surface area contributed by atoms with Gasteiger partial charge in [0.2, 0.25) is 17.8 Å². The van der Waals surface area contributed by atoms with Crippen molar-refractivity contribution in [1.82, 2.24) is 30.0 Å². The monoisotopic (exact) mass is 776 g/mol. The average Bonchev–Trinajstić information content (AvgIpc) is 3.61. The highest BCUT2D eigenvalue weighted by molar-refractivity contribution is 5.85. The van der Waals surface area contributed by atoms with E-state index in [1.54, 1.807) is 7.11 Å². The Morgan fingerprint density at radius 3 is 2.02 bits per heavy atom. The van der Waals surface area contributed by atoms with E-state index in [0.29, 0.717) is 55.9 Å². The summed E-state index contributed by atoms with van der Waals surface area (Å²) in [7, 11) is 1.69. The molecule has 0 unspecified atom stereocenters. The number of hydrogen-bond donors (Lipinski definition) is 3. The van der Waals surface area contributed by atoms with Gasteiger partial charge in [-0.3, -0.25) is 14.3 Å². The Balaban J connectivity index is 1.05. The number of anilines is 3. The SMILES string of the molecule is CCCCCCCCCCCCCCCCCC(=O)NCCCCC(=O)N1CCN(c2ccc(Cn3cc4nc(N)nc(NCCCC)c4n3)c(OC)c2)CC1. The quantitative estimate of drug-likeness (QED) is 0.0589. The van der Waals surface area contributed by atoms with Crippen LogP contribution in [0.1, 0.15) is 154 Å². The van der Waals surface area contributed by atoms with E-state index in [2.05, 4.69) is 57.5 Å². The molecule has 56 heavy (non-hydrogen) atoms. The van der Waals surface area contributed by atoms with Crippen molar-refractivity contribution in [2.24, 2.45) is 0 Å². The Bertz CT molecular complexity index is 1570. The second-order valence-corrected chi connectivity index (χ2v) is 15.6. The maximum absolute atomic E-state index is 13.0. The van der Waals surface area contributed by atoms with Crippen LogP contribution in [-0.4, -0.2) is 82.8 Å². The Labute approximate surface area is 337 Å². The molecule has 0 radical (unpaired) electrons. The van der Waals surface area contributed by atoms with Gasteiger partial charge in [0.05, 0.1) is 19.9 Å². The van der Waals surface area contributed by atoms with Gasteiger partial charge in [0.1, 0.15) is 11.3 Å². The minimum atomic E-state index is 0.145. The minimum Gasteiger partial charge on any atom is -0.496 e. The highest BCUT2D eigenvalue weighted by atomic mass is 16.5. The van der Waals surface area contributed by atoms with Gasteiger partial charge in [-0.15, -0.1) is 0 Å². The first kappa shape index (κ1) is 44.6. The first-order chi connectivity index (χ1) is 27.4. The van der Waals surface area contributed by atoms with Gasteiger partial charge >= 0.3 is 0 Å². The predicted molar refractivity (Wildman–Crippen MR) is 230 cm³/mol. The van der Waals surface area contributed by atoms with Gasteiger partial charge in [0.25, 0.3) is 0 Å². The lowest BCUT2D eigenvalue weighted by molar-refractivity contribution is -0.131. The molecule has 0 atom stereocenters. The van der Waals surface area contributed by atoms with Crippen molar-refractivity contribution in [3.05, 3.63) is 30.0 Å². The van der Waals surface area contributed by atoms with Crippen LogP contribution in [-0.2, 0) is 16.1 Å². The summed E-state index contributed by atoms with van der Waals surface area (Å²) < 4.78 is 7.66. The lowest BCUT2D eigenvalue weighted by Gasteiger charge is -2.36. The summed E-state index contributed by atoms with van der Waals surface area (Å²) in [6.45, 7) is 9.30. The van der Waals surface area contributed by atoms with Crippen molar-refractivity contribution in [3.63, 3.8) is 0 Å². The number of nitrogen functional groups attached to an aromatic ring is 1. The number of fused-ring (bicyclic) bond motifs is 1. The second-order valence-electron chi connectivity index (χ2n) is 15.6. The van der Waals surface area contributed by atoms with Crippen molar-refractivity contribution in [3.8, 4) is 5.75 Å². The van der Waals surface area contributed by atoms with Crippen molar-refractivity contribution in [2.45, 2.75) is 155 Å². The smallest absolute Gasteiger partial charge is 0.222 e. The molecule has 1 fully saturated rings. The van der Waals surface area contributed by atoms with Gasteiger partial charge in [-0.1, -0.05) is 116 Å². The molecule has 1 aromatic carbocycles. The number of nitrogens with zero attached hydrogens (tertiary/aromatic N) is 6. The van der Waals surface area contributed by atoms with Gasteiger partial charge in [0.15, 0.2) is 11.3 Å². The van der Waals surface area contributed by atoms with Crippen LogP contribution in [0.2, 0.25) is 0 Å². The minimum absolute atomic E-state index is 0.145. The number of hydrogen-bond acceptors (Lipinski definition) is 9. The second kappa shape index (κ2) is 25.9. The van der Waals surface area contributed by atoms with E-state index in [1.165, 1.54) is 83.5 Å². The van der Waals surface area contributed by atoms with Crippen LogP contribution in [0.25, 0.3) is 11.0 Å². The number of methoxy groups -OCH3 is 1. The van der Waals surface area contributed by atoms with Crippen LogP contribution in [0.3, 0.4) is 0 Å². The zero-order valence-electron chi connectivity index (χ0n) is 35.1. The molecule has 0 aliphatic carbocycles. The number of piperazine rings is 1. The van der Waals surface area contributed by atoms with Gasteiger partial charge in [0, 0.05) is 69.4 Å². The molecule has 1 aliphatic heterocycles. The molecule has 2 aromatic heterocycles. The summed E-state index contributed by atoms with van der Waals surface area (Å²) in [6, 6.07) is 6.26. The van der Waals surface area contributed by atoms with Crippen molar-refractivity contribution in [2.75, 3.05) is 62.3 Å². The summed E-state index contributed by atoms with van der Waals surface area (Å²) in [4.78, 5) is 38.3. The maximum Gasteiger partial charge on any atom is 0.222 e. The number of ether oxygens (including phenoxy) is 1. The van der Waals surface area contributed by atoms with E-state index >= 15 is 0 Å². The van der Waals surface area contributed by atoms with E-state index in [9.17, 15) is 9.59 Å². The summed E-state index contributed by atoms with van der Waals surface area (Å²) in [5.74, 6) is 2.01. The van der Waals surface area contributed by atoms with Crippen LogP contribution < -0.4 is 26.0 Å². The maximum atomic E-state index is 13.0. The number of aromatic nitrogens is 4. The normalized spacial score (nSPS) is 13.1. The first-order valence-electron chi connectivity index (χ1n) is 22.1. The number of carbonyl (C=O) groups excluding carboxylic acids is 2. The fraction of sp³-hybridized carbons (Fsp3) is 0.705. The van der Waals surface area contributed by atoms with E-state index in [-0.39, 0.29) is 17.8 Å². The summed E-state index contributed by atoms with van der Waals surface area (Å²) in [5.41, 5.74) is 9.45. The number of unbranched alkanes of at least 4 members (excludes halogenated alkanes) is 16. The molecule has 3 aromatic rings. The van der Waals surface area contributed by atoms with Gasteiger partial charge in [-0.25, -0.2) is 4.98 Å². The van der Waals surface area contributed by atoms with Crippen LogP contribution in [0, 0.1) is 0 Å². The topological polar surface area (TPSA) is 144 Å². The third kappa shape index (κ3) is 15.8. The average molecular weight is 776 g/mol. The van der Waals surface area contributed by atoms with E-state index < -0.39 is 0 Å². The molecule has 12 heteroatoms. The number of nitrogens with one attached hydrogen (secondary N) is 2. The van der Waals surface area contributed by atoms with E-state index in [4.69, 9.17) is 15.6 Å². The molecular weight excluding hydrogens is 703 g/mol. The van der Waals surface area contributed by atoms with Crippen LogP contribution >= 0.6 is 0 Å². The largest absolute Gasteiger partial charge is 0.496 e. The molecule has 3 heterocycles. The zero-order chi connectivity index (χ0) is 39.8. The molecule has 312 valence electrons. The van der Waals surface area contributed by atoms with Gasteiger partial charge in [-0.2, -0.15) is 10.1 Å². The Hall–Kier alpha value is -4.09. The molecule has 2 amide bonds. The third-order valence-electron chi connectivity index (χ3n) is 11.0. The van der Waals surface area contributed by atoms with Crippen LogP contribution in [0.4, 0.5) is 17.5 Å². The van der Waals surface area contributed by atoms with Crippen molar-refractivity contribution >= 4 is 40.3 Å². The Kier molecular flexibility index (Phi) is 20.7. The summed E-state index contributed by atoms with van der Waals surface area (Å²) in [6.07, 6.45) is 26.7. The van der Waals surface area contributed by atoms with Gasteiger partial charge in [-0.05, 0) is 31.7 Å². The number of nitrogens with two attached hydrogens (primary N) is 1. The van der Waals surface area contributed by atoms with Crippen molar-refractivity contribution < 1.29 is 14.3 Å². The first-order valence-corrected chi connectivity index (χ1v) is 22.1. The molecule has 4 rings (SSSR count). The molecular formula is C44H73N9O3.